The Hall–Kier alpha value is -1.69. The fourth-order valence-corrected chi connectivity index (χ4v) is 2.80. The van der Waals surface area contributed by atoms with Gasteiger partial charge in [0.2, 0.25) is 5.91 Å². The smallest absolute Gasteiger partial charge is 0.242 e. The van der Waals surface area contributed by atoms with E-state index in [1.165, 1.54) is 0 Å². The quantitative estimate of drug-likeness (QED) is 0.903. The molecule has 22 heavy (non-hydrogen) atoms. The summed E-state index contributed by atoms with van der Waals surface area (Å²) in [5.41, 5.74) is 6.45. The lowest BCUT2D eigenvalue weighted by Crippen LogP contribution is -2.54. The molecule has 0 unspecified atom stereocenters. The molecule has 2 heterocycles. The lowest BCUT2D eigenvalue weighted by Gasteiger charge is -2.36. The Bertz CT molecular complexity index is 574. The van der Waals surface area contributed by atoms with Gasteiger partial charge in [0.25, 0.3) is 0 Å². The van der Waals surface area contributed by atoms with Crippen LogP contribution in [-0.4, -0.2) is 52.5 Å². The Labute approximate surface area is 131 Å². The first-order chi connectivity index (χ1) is 10.4. The first-order valence-corrected chi connectivity index (χ1v) is 8.08. The van der Waals surface area contributed by atoms with Crippen LogP contribution in [0.3, 0.4) is 0 Å². The van der Waals surface area contributed by atoms with Crippen molar-refractivity contribution in [2.45, 2.75) is 45.1 Å². The van der Waals surface area contributed by atoms with Crippen LogP contribution >= 0.6 is 0 Å². The van der Waals surface area contributed by atoms with E-state index in [9.17, 15) is 4.79 Å². The molecule has 0 radical (unpaired) electrons. The minimum absolute atomic E-state index is 0.119. The van der Waals surface area contributed by atoms with Crippen molar-refractivity contribution in [1.82, 2.24) is 14.9 Å². The Balaban J connectivity index is 1.67. The third-order valence-corrected chi connectivity index (χ3v) is 4.48. The number of nitrogens with two attached hydrogens (primary N) is 1. The summed E-state index contributed by atoms with van der Waals surface area (Å²) in [5, 5.41) is 0. The molecule has 1 saturated heterocycles. The first-order valence-electron chi connectivity index (χ1n) is 8.08. The highest BCUT2D eigenvalue weighted by atomic mass is 16.2. The van der Waals surface area contributed by atoms with Gasteiger partial charge in [-0.25, -0.2) is 9.97 Å². The molecule has 1 aliphatic carbocycles. The molecular weight excluding hydrogens is 278 g/mol. The van der Waals surface area contributed by atoms with Crippen LogP contribution in [0.1, 0.15) is 44.1 Å². The number of anilines is 1. The predicted octanol–water partition coefficient (Wildman–Crippen LogP) is 1.05. The number of amides is 1. The van der Waals surface area contributed by atoms with Crippen molar-refractivity contribution >= 4 is 11.7 Å². The molecular formula is C16H25N5O. The van der Waals surface area contributed by atoms with Crippen LogP contribution in [0.5, 0.6) is 0 Å². The summed E-state index contributed by atoms with van der Waals surface area (Å²) in [5.74, 6) is 2.28. The average molecular weight is 303 g/mol. The molecule has 3 rings (SSSR count). The summed E-state index contributed by atoms with van der Waals surface area (Å²) >= 11 is 0. The highest BCUT2D eigenvalue weighted by Crippen LogP contribution is 2.34. The van der Waals surface area contributed by atoms with E-state index in [0.29, 0.717) is 5.92 Å². The maximum absolute atomic E-state index is 12.3. The van der Waals surface area contributed by atoms with Gasteiger partial charge in [-0.05, 0) is 19.8 Å². The SMILES string of the molecule is Cc1cc(N2CCN(C(=O)C3(N)CC3)CC2)nc(C(C)C)n1. The van der Waals surface area contributed by atoms with E-state index in [1.54, 1.807) is 0 Å². The average Bonchev–Trinajstić information content (AvgIpc) is 3.25. The number of hydrogen-bond donors (Lipinski definition) is 1. The second-order valence-corrected chi connectivity index (χ2v) is 6.82. The zero-order chi connectivity index (χ0) is 15.9. The third kappa shape index (κ3) is 2.92. The summed E-state index contributed by atoms with van der Waals surface area (Å²) in [4.78, 5) is 25.6. The van der Waals surface area contributed by atoms with Gasteiger partial charge in [-0.2, -0.15) is 0 Å². The summed E-state index contributed by atoms with van der Waals surface area (Å²) in [7, 11) is 0. The highest BCUT2D eigenvalue weighted by molar-refractivity contribution is 5.89. The molecule has 2 N–H and O–H groups in total. The molecule has 1 amide bonds. The molecule has 1 aromatic heterocycles. The van der Waals surface area contributed by atoms with Gasteiger partial charge in [0, 0.05) is 43.9 Å². The lowest BCUT2D eigenvalue weighted by molar-refractivity contribution is -0.133. The number of piperazine rings is 1. The number of carbonyl (C=O) groups excluding carboxylic acids is 1. The minimum atomic E-state index is -0.557. The van der Waals surface area contributed by atoms with Crippen molar-refractivity contribution in [3.63, 3.8) is 0 Å². The summed E-state index contributed by atoms with van der Waals surface area (Å²) in [6.07, 6.45) is 1.66. The predicted molar refractivity (Wildman–Crippen MR) is 85.8 cm³/mol. The molecule has 6 heteroatoms. The van der Waals surface area contributed by atoms with Gasteiger partial charge in [-0.15, -0.1) is 0 Å². The minimum Gasteiger partial charge on any atom is -0.353 e. The molecule has 6 nitrogen and oxygen atoms in total. The number of carbonyl (C=O) groups is 1. The van der Waals surface area contributed by atoms with Crippen molar-refractivity contribution in [3.8, 4) is 0 Å². The largest absolute Gasteiger partial charge is 0.353 e. The number of aromatic nitrogens is 2. The Morgan fingerprint density at radius 3 is 2.41 bits per heavy atom. The molecule has 2 fully saturated rings. The first kappa shape index (κ1) is 15.2. The number of aryl methyl sites for hydroxylation is 1. The maximum atomic E-state index is 12.3. The van der Waals surface area contributed by atoms with Crippen LogP contribution in [-0.2, 0) is 4.79 Å². The summed E-state index contributed by atoms with van der Waals surface area (Å²) < 4.78 is 0. The number of nitrogens with zero attached hydrogens (tertiary/aromatic N) is 4. The van der Waals surface area contributed by atoms with Crippen LogP contribution in [0.25, 0.3) is 0 Å². The van der Waals surface area contributed by atoms with Gasteiger partial charge in [-0.3, -0.25) is 4.79 Å². The van der Waals surface area contributed by atoms with Gasteiger partial charge in [0.1, 0.15) is 11.6 Å². The van der Waals surface area contributed by atoms with Gasteiger partial charge in [0.05, 0.1) is 5.54 Å². The van der Waals surface area contributed by atoms with Gasteiger partial charge in [-0.1, -0.05) is 13.8 Å². The van der Waals surface area contributed by atoms with Gasteiger partial charge in [0.15, 0.2) is 0 Å². The van der Waals surface area contributed by atoms with Crippen LogP contribution in [0.2, 0.25) is 0 Å². The molecule has 0 atom stereocenters. The number of rotatable bonds is 3. The standard InChI is InChI=1S/C16H25N5O/c1-11(2)14-18-12(3)10-13(19-14)20-6-8-21(9-7-20)15(22)16(17)4-5-16/h10-11H,4-9,17H2,1-3H3. The Morgan fingerprint density at radius 1 is 1.23 bits per heavy atom. The molecule has 2 aliphatic rings. The van der Waals surface area contributed by atoms with Crippen LogP contribution < -0.4 is 10.6 Å². The van der Waals surface area contributed by atoms with E-state index in [1.807, 2.05) is 17.9 Å². The fraction of sp³-hybridized carbons (Fsp3) is 0.688. The van der Waals surface area contributed by atoms with E-state index >= 15 is 0 Å². The summed E-state index contributed by atoms with van der Waals surface area (Å²) in [6.45, 7) is 9.25. The van der Waals surface area contributed by atoms with Crippen LogP contribution in [0.15, 0.2) is 6.07 Å². The van der Waals surface area contributed by atoms with Crippen LogP contribution in [0, 0.1) is 6.92 Å². The second-order valence-electron chi connectivity index (χ2n) is 6.82. The van der Waals surface area contributed by atoms with Crippen molar-refractivity contribution in [3.05, 3.63) is 17.6 Å². The second kappa shape index (κ2) is 5.50. The molecule has 1 aliphatic heterocycles. The third-order valence-electron chi connectivity index (χ3n) is 4.48. The number of hydrogen-bond acceptors (Lipinski definition) is 5. The van der Waals surface area contributed by atoms with E-state index in [-0.39, 0.29) is 5.91 Å². The molecule has 1 saturated carbocycles. The fourth-order valence-electron chi connectivity index (χ4n) is 2.80. The maximum Gasteiger partial charge on any atom is 0.242 e. The van der Waals surface area contributed by atoms with Gasteiger partial charge < -0.3 is 15.5 Å². The van der Waals surface area contributed by atoms with Crippen molar-refractivity contribution < 1.29 is 4.79 Å². The highest BCUT2D eigenvalue weighted by Gasteiger charge is 2.48. The van der Waals surface area contributed by atoms with Crippen molar-refractivity contribution in [2.75, 3.05) is 31.1 Å². The molecule has 0 aromatic carbocycles. The lowest BCUT2D eigenvalue weighted by atomic mass is 10.2. The Kier molecular flexibility index (Phi) is 3.80. The molecule has 120 valence electrons. The van der Waals surface area contributed by atoms with E-state index in [4.69, 9.17) is 5.73 Å². The van der Waals surface area contributed by atoms with Crippen molar-refractivity contribution in [1.29, 1.82) is 0 Å². The monoisotopic (exact) mass is 303 g/mol. The molecule has 0 bridgehead atoms. The van der Waals surface area contributed by atoms with Gasteiger partial charge >= 0.3 is 0 Å². The Morgan fingerprint density at radius 2 is 1.86 bits per heavy atom. The normalized spacial score (nSPS) is 20.4. The summed E-state index contributed by atoms with van der Waals surface area (Å²) in [6, 6.07) is 2.02. The van der Waals surface area contributed by atoms with E-state index < -0.39 is 5.54 Å². The zero-order valence-corrected chi connectivity index (χ0v) is 13.7. The molecule has 0 spiro atoms. The topological polar surface area (TPSA) is 75.3 Å². The molecule has 1 aromatic rings. The van der Waals surface area contributed by atoms with E-state index in [2.05, 4.69) is 28.7 Å². The van der Waals surface area contributed by atoms with Crippen molar-refractivity contribution in [2.24, 2.45) is 5.73 Å². The van der Waals surface area contributed by atoms with Crippen LogP contribution in [0.4, 0.5) is 5.82 Å². The zero-order valence-electron chi connectivity index (χ0n) is 13.7. The van der Waals surface area contributed by atoms with E-state index in [0.717, 1.165) is 56.4 Å².